The third-order valence-electron chi connectivity index (χ3n) is 3.90. The molecular weight excluding hydrogens is 292 g/mol. The second-order valence-electron chi connectivity index (χ2n) is 5.46. The van der Waals surface area contributed by atoms with E-state index in [1.54, 1.807) is 18.4 Å². The summed E-state index contributed by atoms with van der Waals surface area (Å²) in [6.07, 6.45) is 0. The van der Waals surface area contributed by atoms with Gasteiger partial charge in [-0.15, -0.1) is 11.3 Å². The van der Waals surface area contributed by atoms with Crippen LogP contribution in [0.15, 0.2) is 48.5 Å². The van der Waals surface area contributed by atoms with Gasteiger partial charge in [-0.1, -0.05) is 24.3 Å². The van der Waals surface area contributed by atoms with E-state index in [1.807, 2.05) is 18.2 Å². The number of aromatic nitrogens is 1. The van der Waals surface area contributed by atoms with Crippen molar-refractivity contribution in [1.29, 1.82) is 0 Å². The molecule has 0 N–H and O–H groups in total. The number of para-hydroxylation sites is 1. The van der Waals surface area contributed by atoms with Crippen molar-refractivity contribution in [2.75, 3.05) is 14.2 Å². The van der Waals surface area contributed by atoms with E-state index >= 15 is 0 Å². The summed E-state index contributed by atoms with van der Waals surface area (Å²) in [5.41, 5.74) is 2.33. The molecule has 3 rings (SSSR count). The third-order valence-corrected chi connectivity index (χ3v) is 5.10. The Bertz CT molecular complexity index is 735. The Morgan fingerprint density at radius 2 is 2.00 bits per heavy atom. The Morgan fingerprint density at radius 3 is 2.77 bits per heavy atom. The Hall–Kier alpha value is -1.91. The monoisotopic (exact) mass is 312 g/mol. The molecule has 0 saturated carbocycles. The van der Waals surface area contributed by atoms with Crippen LogP contribution < -0.4 is 4.74 Å². The summed E-state index contributed by atoms with van der Waals surface area (Å²) in [6.45, 7) is 3.08. The van der Waals surface area contributed by atoms with Gasteiger partial charge in [-0.25, -0.2) is 4.98 Å². The molecule has 1 aromatic heterocycles. The zero-order chi connectivity index (χ0) is 15.5. The third kappa shape index (κ3) is 3.13. The SMILES string of the molecule is COc1cccc(CN(C)[C@@H](C)c2nc3ccccc3s2)c1. The minimum absolute atomic E-state index is 0.281. The molecule has 0 saturated heterocycles. The molecule has 22 heavy (non-hydrogen) atoms. The lowest BCUT2D eigenvalue weighted by Gasteiger charge is -2.23. The first-order valence-electron chi connectivity index (χ1n) is 7.36. The summed E-state index contributed by atoms with van der Waals surface area (Å²) in [4.78, 5) is 7.07. The highest BCUT2D eigenvalue weighted by Gasteiger charge is 2.16. The number of thiazole rings is 1. The maximum Gasteiger partial charge on any atom is 0.119 e. The average molecular weight is 312 g/mol. The Morgan fingerprint density at radius 1 is 1.18 bits per heavy atom. The molecule has 4 heteroatoms. The lowest BCUT2D eigenvalue weighted by atomic mass is 10.2. The fourth-order valence-corrected chi connectivity index (χ4v) is 3.54. The van der Waals surface area contributed by atoms with Gasteiger partial charge in [0.05, 0.1) is 23.4 Å². The predicted molar refractivity (Wildman–Crippen MR) is 92.5 cm³/mol. The van der Waals surface area contributed by atoms with Crippen molar-refractivity contribution in [3.8, 4) is 5.75 Å². The van der Waals surface area contributed by atoms with Crippen LogP contribution in [0.3, 0.4) is 0 Å². The molecule has 3 nitrogen and oxygen atoms in total. The van der Waals surface area contributed by atoms with Crippen molar-refractivity contribution in [2.45, 2.75) is 19.5 Å². The molecule has 0 bridgehead atoms. The van der Waals surface area contributed by atoms with Crippen LogP contribution in [0, 0.1) is 0 Å². The molecule has 0 aliphatic heterocycles. The summed E-state index contributed by atoms with van der Waals surface area (Å²) in [5, 5.41) is 1.16. The van der Waals surface area contributed by atoms with Crippen molar-refractivity contribution in [3.05, 3.63) is 59.1 Å². The van der Waals surface area contributed by atoms with Crippen LogP contribution in [0.2, 0.25) is 0 Å². The first-order valence-corrected chi connectivity index (χ1v) is 8.17. The van der Waals surface area contributed by atoms with Gasteiger partial charge in [-0.05, 0) is 43.8 Å². The van der Waals surface area contributed by atoms with Gasteiger partial charge in [0.15, 0.2) is 0 Å². The summed E-state index contributed by atoms with van der Waals surface area (Å²) in [5.74, 6) is 0.901. The fourth-order valence-electron chi connectivity index (χ4n) is 2.45. The minimum Gasteiger partial charge on any atom is -0.497 e. The number of methoxy groups -OCH3 is 1. The Labute approximate surface area is 135 Å². The van der Waals surface area contributed by atoms with Gasteiger partial charge in [-0.3, -0.25) is 4.90 Å². The van der Waals surface area contributed by atoms with E-state index in [2.05, 4.69) is 49.2 Å². The maximum atomic E-state index is 5.29. The summed E-state index contributed by atoms with van der Waals surface area (Å²) in [6, 6.07) is 16.8. The van der Waals surface area contributed by atoms with Crippen LogP contribution in [-0.4, -0.2) is 24.0 Å². The second kappa shape index (κ2) is 6.46. The number of fused-ring (bicyclic) bond motifs is 1. The molecule has 1 atom stereocenters. The van der Waals surface area contributed by atoms with Gasteiger partial charge in [0.2, 0.25) is 0 Å². The second-order valence-corrected chi connectivity index (χ2v) is 6.52. The minimum atomic E-state index is 0.281. The van der Waals surface area contributed by atoms with Gasteiger partial charge < -0.3 is 4.74 Å². The molecule has 0 aliphatic carbocycles. The number of rotatable bonds is 5. The number of hydrogen-bond donors (Lipinski definition) is 0. The first-order chi connectivity index (χ1) is 10.7. The molecule has 0 amide bonds. The van der Waals surface area contributed by atoms with Crippen molar-refractivity contribution < 1.29 is 4.74 Å². The van der Waals surface area contributed by atoms with Crippen molar-refractivity contribution in [2.24, 2.45) is 0 Å². The van der Waals surface area contributed by atoms with Gasteiger partial charge in [0.1, 0.15) is 10.8 Å². The molecule has 0 fully saturated rings. The summed E-state index contributed by atoms with van der Waals surface area (Å²) in [7, 11) is 3.84. The number of ether oxygens (including phenoxy) is 1. The standard InChI is InChI=1S/C18H20N2OS/c1-13(18-19-16-9-4-5-10-17(16)22-18)20(2)12-14-7-6-8-15(11-14)21-3/h4-11,13H,12H2,1-3H3/t13-/m0/s1. The van der Waals surface area contributed by atoms with E-state index < -0.39 is 0 Å². The molecule has 0 unspecified atom stereocenters. The van der Waals surface area contributed by atoms with E-state index in [-0.39, 0.29) is 6.04 Å². The topological polar surface area (TPSA) is 25.4 Å². The Balaban J connectivity index is 1.77. The van der Waals surface area contributed by atoms with Crippen LogP contribution in [-0.2, 0) is 6.54 Å². The van der Waals surface area contributed by atoms with E-state index in [4.69, 9.17) is 9.72 Å². The predicted octanol–water partition coefficient (Wildman–Crippen LogP) is 4.50. The largest absolute Gasteiger partial charge is 0.497 e. The normalized spacial score (nSPS) is 12.7. The summed E-state index contributed by atoms with van der Waals surface area (Å²) >= 11 is 1.77. The van der Waals surface area contributed by atoms with Crippen LogP contribution in [0.1, 0.15) is 23.5 Å². The van der Waals surface area contributed by atoms with E-state index in [9.17, 15) is 0 Å². The first kappa shape index (κ1) is 15.0. The van der Waals surface area contributed by atoms with Crippen molar-refractivity contribution in [3.63, 3.8) is 0 Å². The van der Waals surface area contributed by atoms with Crippen molar-refractivity contribution in [1.82, 2.24) is 9.88 Å². The lowest BCUT2D eigenvalue weighted by molar-refractivity contribution is 0.252. The highest BCUT2D eigenvalue weighted by atomic mass is 32.1. The number of nitrogens with zero attached hydrogens (tertiary/aromatic N) is 2. The van der Waals surface area contributed by atoms with Crippen LogP contribution in [0.4, 0.5) is 0 Å². The van der Waals surface area contributed by atoms with Crippen LogP contribution >= 0.6 is 11.3 Å². The van der Waals surface area contributed by atoms with Gasteiger partial charge >= 0.3 is 0 Å². The molecule has 2 aromatic carbocycles. The average Bonchev–Trinajstić information content (AvgIpc) is 2.98. The van der Waals surface area contributed by atoms with Gasteiger partial charge in [-0.2, -0.15) is 0 Å². The molecule has 114 valence electrons. The summed E-state index contributed by atoms with van der Waals surface area (Å²) < 4.78 is 6.54. The van der Waals surface area contributed by atoms with Crippen LogP contribution in [0.5, 0.6) is 5.75 Å². The van der Waals surface area contributed by atoms with Crippen LogP contribution in [0.25, 0.3) is 10.2 Å². The lowest BCUT2D eigenvalue weighted by Crippen LogP contribution is -2.21. The zero-order valence-corrected chi connectivity index (χ0v) is 13.9. The highest BCUT2D eigenvalue weighted by molar-refractivity contribution is 7.18. The maximum absolute atomic E-state index is 5.29. The Kier molecular flexibility index (Phi) is 4.41. The van der Waals surface area contributed by atoms with E-state index in [0.29, 0.717) is 0 Å². The smallest absolute Gasteiger partial charge is 0.119 e. The molecule has 3 aromatic rings. The van der Waals surface area contributed by atoms with E-state index in [0.717, 1.165) is 22.8 Å². The number of benzene rings is 2. The molecule has 0 spiro atoms. The molecule has 1 heterocycles. The molecule has 0 aliphatic rings. The van der Waals surface area contributed by atoms with Crippen molar-refractivity contribution >= 4 is 21.6 Å². The van der Waals surface area contributed by atoms with E-state index in [1.165, 1.54) is 10.3 Å². The zero-order valence-electron chi connectivity index (χ0n) is 13.1. The molecule has 0 radical (unpaired) electrons. The highest BCUT2D eigenvalue weighted by Crippen LogP contribution is 2.29. The number of hydrogen-bond acceptors (Lipinski definition) is 4. The fraction of sp³-hybridized carbons (Fsp3) is 0.278. The van der Waals surface area contributed by atoms with Gasteiger partial charge in [0, 0.05) is 6.54 Å². The van der Waals surface area contributed by atoms with Gasteiger partial charge in [0.25, 0.3) is 0 Å². The quantitative estimate of drug-likeness (QED) is 0.693. The molecular formula is C18H20N2OS.